The number of guanidine groups is 1. The van der Waals surface area contributed by atoms with Crippen molar-refractivity contribution in [3.63, 3.8) is 0 Å². The lowest BCUT2D eigenvalue weighted by Gasteiger charge is -2.24. The lowest BCUT2D eigenvalue weighted by molar-refractivity contribution is 0.396. The third-order valence-corrected chi connectivity index (χ3v) is 4.11. The zero-order valence-corrected chi connectivity index (χ0v) is 15.0. The van der Waals surface area contributed by atoms with Crippen LogP contribution in [-0.2, 0) is 6.54 Å². The van der Waals surface area contributed by atoms with Crippen LogP contribution in [-0.4, -0.2) is 38.6 Å². The monoisotopic (exact) mass is 325 g/mol. The summed E-state index contributed by atoms with van der Waals surface area (Å²) in [5.41, 5.74) is 2.47. The molecule has 0 spiro atoms. The first-order valence-corrected chi connectivity index (χ1v) is 8.24. The van der Waals surface area contributed by atoms with E-state index in [1.165, 1.54) is 5.56 Å². The lowest BCUT2D eigenvalue weighted by Crippen LogP contribution is -2.40. The van der Waals surface area contributed by atoms with Gasteiger partial charge in [-0.1, -0.05) is 55.5 Å². The molecule has 1 atom stereocenters. The largest absolute Gasteiger partial charge is 0.496 e. The number of ether oxygens (including phenoxy) is 1. The Hall–Kier alpha value is -2.49. The van der Waals surface area contributed by atoms with Gasteiger partial charge in [-0.25, -0.2) is 0 Å². The maximum atomic E-state index is 5.43. The number of nitrogens with zero attached hydrogens (tertiary/aromatic N) is 2. The number of hydrogen-bond donors (Lipinski definition) is 1. The molecule has 0 aliphatic heterocycles. The van der Waals surface area contributed by atoms with Gasteiger partial charge in [-0.2, -0.15) is 0 Å². The second-order valence-corrected chi connectivity index (χ2v) is 5.91. The number of rotatable bonds is 6. The van der Waals surface area contributed by atoms with E-state index in [9.17, 15) is 0 Å². The van der Waals surface area contributed by atoms with Crippen LogP contribution in [0.15, 0.2) is 59.6 Å². The van der Waals surface area contributed by atoms with E-state index in [2.05, 4.69) is 52.5 Å². The van der Waals surface area contributed by atoms with Gasteiger partial charge in [-0.3, -0.25) is 4.99 Å². The zero-order valence-electron chi connectivity index (χ0n) is 15.0. The minimum absolute atomic E-state index is 0.419. The first-order valence-electron chi connectivity index (χ1n) is 8.24. The zero-order chi connectivity index (χ0) is 17.4. The second kappa shape index (κ2) is 8.96. The van der Waals surface area contributed by atoms with Gasteiger partial charge in [0.05, 0.1) is 7.11 Å². The molecule has 4 heteroatoms. The lowest BCUT2D eigenvalue weighted by atomic mass is 10.0. The predicted molar refractivity (Wildman–Crippen MR) is 101 cm³/mol. The van der Waals surface area contributed by atoms with Gasteiger partial charge in [0.15, 0.2) is 5.96 Å². The SMILES string of the molecule is CN=C(NCC(C)c1ccccc1)N(C)Cc1ccccc1OC. The van der Waals surface area contributed by atoms with E-state index in [0.717, 1.165) is 30.4 Å². The predicted octanol–water partition coefficient (Wildman–Crippen LogP) is 3.51. The van der Waals surface area contributed by atoms with Gasteiger partial charge in [0, 0.05) is 32.7 Å². The van der Waals surface area contributed by atoms with Crippen molar-refractivity contribution in [3.8, 4) is 5.75 Å². The summed E-state index contributed by atoms with van der Waals surface area (Å²) in [6.07, 6.45) is 0. The van der Waals surface area contributed by atoms with Crippen molar-refractivity contribution in [2.24, 2.45) is 4.99 Å². The van der Waals surface area contributed by atoms with Crippen LogP contribution >= 0.6 is 0 Å². The van der Waals surface area contributed by atoms with Gasteiger partial charge in [0.1, 0.15) is 5.75 Å². The van der Waals surface area contributed by atoms with Gasteiger partial charge >= 0.3 is 0 Å². The summed E-state index contributed by atoms with van der Waals surface area (Å²) in [7, 11) is 5.55. The maximum Gasteiger partial charge on any atom is 0.193 e. The fourth-order valence-electron chi connectivity index (χ4n) is 2.69. The van der Waals surface area contributed by atoms with E-state index in [4.69, 9.17) is 4.74 Å². The van der Waals surface area contributed by atoms with Crippen LogP contribution < -0.4 is 10.1 Å². The summed E-state index contributed by atoms with van der Waals surface area (Å²) in [6.45, 7) is 3.80. The van der Waals surface area contributed by atoms with Gasteiger partial charge < -0.3 is 15.0 Å². The van der Waals surface area contributed by atoms with Crippen LogP contribution in [0.25, 0.3) is 0 Å². The highest BCUT2D eigenvalue weighted by Crippen LogP contribution is 2.19. The third kappa shape index (κ3) is 4.75. The Morgan fingerprint density at radius 2 is 1.79 bits per heavy atom. The molecule has 0 aliphatic carbocycles. The molecule has 0 saturated carbocycles. The van der Waals surface area contributed by atoms with Crippen LogP contribution in [0.2, 0.25) is 0 Å². The quantitative estimate of drug-likeness (QED) is 0.652. The number of benzene rings is 2. The minimum atomic E-state index is 0.419. The van der Waals surface area contributed by atoms with Gasteiger partial charge in [0.2, 0.25) is 0 Å². The van der Waals surface area contributed by atoms with Gasteiger partial charge in [-0.05, 0) is 17.5 Å². The molecule has 1 N–H and O–H groups in total. The molecule has 2 rings (SSSR count). The first-order chi connectivity index (χ1) is 11.7. The molecule has 128 valence electrons. The summed E-state index contributed by atoms with van der Waals surface area (Å²) in [5, 5.41) is 3.46. The Balaban J connectivity index is 1.96. The molecule has 1 unspecified atom stereocenters. The van der Waals surface area contributed by atoms with Crippen molar-refractivity contribution in [3.05, 3.63) is 65.7 Å². The Kier molecular flexibility index (Phi) is 6.67. The van der Waals surface area contributed by atoms with Gasteiger partial charge in [-0.15, -0.1) is 0 Å². The van der Waals surface area contributed by atoms with E-state index >= 15 is 0 Å². The molecule has 0 radical (unpaired) electrons. The molecule has 0 heterocycles. The Bertz CT molecular complexity index is 655. The summed E-state index contributed by atoms with van der Waals surface area (Å²) >= 11 is 0. The fraction of sp³-hybridized carbons (Fsp3) is 0.350. The van der Waals surface area contributed by atoms with Crippen molar-refractivity contribution in [2.45, 2.75) is 19.4 Å². The van der Waals surface area contributed by atoms with Crippen molar-refractivity contribution < 1.29 is 4.74 Å². The molecule has 24 heavy (non-hydrogen) atoms. The van der Waals surface area contributed by atoms with Crippen molar-refractivity contribution in [1.29, 1.82) is 0 Å². The summed E-state index contributed by atoms with van der Waals surface area (Å²) in [4.78, 5) is 6.50. The molecule has 4 nitrogen and oxygen atoms in total. The van der Waals surface area contributed by atoms with Crippen LogP contribution in [0.3, 0.4) is 0 Å². The highest BCUT2D eigenvalue weighted by Gasteiger charge is 2.11. The standard InChI is InChI=1S/C20H27N3O/c1-16(17-10-6-5-7-11-17)14-22-20(21-2)23(3)15-18-12-8-9-13-19(18)24-4/h5-13,16H,14-15H2,1-4H3,(H,21,22). The van der Waals surface area contributed by atoms with Crippen molar-refractivity contribution in [2.75, 3.05) is 27.7 Å². The molecule has 2 aromatic carbocycles. The Morgan fingerprint density at radius 3 is 2.46 bits per heavy atom. The normalized spacial score (nSPS) is 12.6. The smallest absolute Gasteiger partial charge is 0.193 e. The number of nitrogens with one attached hydrogen (secondary N) is 1. The number of methoxy groups -OCH3 is 1. The number of aliphatic imine (C=N–C) groups is 1. The molecular formula is C20H27N3O. The summed E-state index contributed by atoms with van der Waals surface area (Å²) < 4.78 is 5.43. The Morgan fingerprint density at radius 1 is 1.12 bits per heavy atom. The topological polar surface area (TPSA) is 36.9 Å². The van der Waals surface area contributed by atoms with Crippen LogP contribution in [0.1, 0.15) is 24.0 Å². The number of hydrogen-bond acceptors (Lipinski definition) is 2. The second-order valence-electron chi connectivity index (χ2n) is 5.91. The van der Waals surface area contributed by atoms with E-state index < -0.39 is 0 Å². The van der Waals surface area contributed by atoms with E-state index in [-0.39, 0.29) is 0 Å². The van der Waals surface area contributed by atoms with E-state index in [1.807, 2.05) is 38.4 Å². The van der Waals surface area contributed by atoms with E-state index in [1.54, 1.807) is 7.11 Å². The van der Waals surface area contributed by atoms with Crippen molar-refractivity contribution >= 4 is 5.96 Å². The van der Waals surface area contributed by atoms with Crippen LogP contribution in [0.5, 0.6) is 5.75 Å². The maximum absolute atomic E-state index is 5.43. The van der Waals surface area contributed by atoms with E-state index in [0.29, 0.717) is 5.92 Å². The minimum Gasteiger partial charge on any atom is -0.496 e. The molecule has 0 amide bonds. The average molecular weight is 325 g/mol. The molecule has 0 saturated heterocycles. The molecular weight excluding hydrogens is 298 g/mol. The van der Waals surface area contributed by atoms with Crippen LogP contribution in [0, 0.1) is 0 Å². The molecule has 2 aromatic rings. The molecule has 0 aromatic heterocycles. The van der Waals surface area contributed by atoms with Crippen LogP contribution in [0.4, 0.5) is 0 Å². The van der Waals surface area contributed by atoms with Crippen molar-refractivity contribution in [1.82, 2.24) is 10.2 Å². The number of para-hydroxylation sites is 1. The van der Waals surface area contributed by atoms with Gasteiger partial charge in [0.25, 0.3) is 0 Å². The highest BCUT2D eigenvalue weighted by atomic mass is 16.5. The molecule has 0 aliphatic rings. The third-order valence-electron chi connectivity index (χ3n) is 4.11. The fourth-order valence-corrected chi connectivity index (χ4v) is 2.69. The Labute approximate surface area is 145 Å². The highest BCUT2D eigenvalue weighted by molar-refractivity contribution is 5.79. The molecule has 0 fully saturated rings. The first kappa shape index (κ1) is 17.9. The average Bonchev–Trinajstić information content (AvgIpc) is 2.63. The summed E-state index contributed by atoms with van der Waals surface area (Å²) in [5.74, 6) is 2.20. The summed E-state index contributed by atoms with van der Waals surface area (Å²) in [6, 6.07) is 18.6. The molecule has 0 bridgehead atoms.